The number of benzene rings is 1. The number of rotatable bonds is 5. The van der Waals surface area contributed by atoms with Gasteiger partial charge in [-0.05, 0) is 24.3 Å². The third-order valence-electron chi connectivity index (χ3n) is 2.58. The van der Waals surface area contributed by atoms with Gasteiger partial charge in [0, 0.05) is 30.9 Å². The van der Waals surface area contributed by atoms with E-state index in [2.05, 4.69) is 16.9 Å². The quantitative estimate of drug-likeness (QED) is 0.851. The molecule has 1 aromatic heterocycles. The van der Waals surface area contributed by atoms with Crippen molar-refractivity contribution >= 4 is 21.5 Å². The lowest BCUT2D eigenvalue weighted by Gasteiger charge is -2.08. The lowest BCUT2D eigenvalue weighted by Crippen LogP contribution is -2.02. The van der Waals surface area contributed by atoms with Gasteiger partial charge in [0.15, 0.2) is 9.84 Å². The monoisotopic (exact) mass is 277 g/mol. The minimum absolute atomic E-state index is 0.299. The zero-order valence-corrected chi connectivity index (χ0v) is 11.4. The number of allylic oxidation sites excluding steroid dienone is 1. The Balaban J connectivity index is 2.20. The number of hydrogen-bond acceptors (Lipinski definition) is 4. The van der Waals surface area contributed by atoms with Crippen LogP contribution in [-0.2, 0) is 16.4 Å². The summed E-state index contributed by atoms with van der Waals surface area (Å²) in [5, 5.41) is 3.13. The lowest BCUT2D eigenvalue weighted by molar-refractivity contribution is 0.602. The van der Waals surface area contributed by atoms with Crippen LogP contribution in [0.1, 0.15) is 0 Å². The Morgan fingerprint density at radius 1 is 1.37 bits per heavy atom. The first kappa shape index (κ1) is 13.4. The number of sulfone groups is 1. The minimum Gasteiger partial charge on any atom is -0.326 e. The molecule has 0 fully saturated rings. The maximum atomic E-state index is 11.4. The highest BCUT2D eigenvalue weighted by molar-refractivity contribution is 7.90. The molecule has 6 heteroatoms. The number of imidazole rings is 1. The third-order valence-corrected chi connectivity index (χ3v) is 3.71. The highest BCUT2D eigenvalue weighted by atomic mass is 32.2. The molecule has 5 nitrogen and oxygen atoms in total. The van der Waals surface area contributed by atoms with E-state index in [1.165, 1.54) is 6.26 Å². The highest BCUT2D eigenvalue weighted by Crippen LogP contribution is 2.17. The zero-order chi connectivity index (χ0) is 13.9. The van der Waals surface area contributed by atoms with Gasteiger partial charge < -0.3 is 9.88 Å². The molecule has 0 saturated carbocycles. The van der Waals surface area contributed by atoms with Gasteiger partial charge in [0.2, 0.25) is 5.95 Å². The molecule has 2 rings (SSSR count). The van der Waals surface area contributed by atoms with Gasteiger partial charge in [0.1, 0.15) is 0 Å². The predicted octanol–water partition coefficient (Wildman–Crippen LogP) is 2.22. The molecule has 0 aliphatic carbocycles. The fraction of sp³-hybridized carbons (Fsp3) is 0.154. The number of anilines is 2. The first-order chi connectivity index (χ1) is 9.00. The van der Waals surface area contributed by atoms with Crippen LogP contribution < -0.4 is 5.32 Å². The van der Waals surface area contributed by atoms with Crippen LogP contribution in [0.3, 0.4) is 0 Å². The van der Waals surface area contributed by atoms with Gasteiger partial charge in [-0.15, -0.1) is 6.58 Å². The summed E-state index contributed by atoms with van der Waals surface area (Å²) in [7, 11) is -3.16. The summed E-state index contributed by atoms with van der Waals surface area (Å²) in [6.45, 7) is 4.34. The Labute approximate surface area is 112 Å². The Morgan fingerprint density at radius 3 is 2.63 bits per heavy atom. The molecule has 2 aromatic rings. The van der Waals surface area contributed by atoms with E-state index < -0.39 is 9.84 Å². The number of nitrogens with zero attached hydrogens (tertiary/aromatic N) is 2. The number of hydrogen-bond donors (Lipinski definition) is 1. The molecule has 0 aliphatic rings. The Bertz CT molecular complexity index is 672. The average molecular weight is 277 g/mol. The van der Waals surface area contributed by atoms with Gasteiger partial charge >= 0.3 is 0 Å². The summed E-state index contributed by atoms with van der Waals surface area (Å²) in [5.41, 5.74) is 0.781. The molecule has 100 valence electrons. The largest absolute Gasteiger partial charge is 0.326 e. The summed E-state index contributed by atoms with van der Waals surface area (Å²) >= 11 is 0. The second kappa shape index (κ2) is 5.27. The molecular weight excluding hydrogens is 262 g/mol. The molecule has 0 amide bonds. The number of nitrogens with one attached hydrogen (secondary N) is 1. The van der Waals surface area contributed by atoms with Crippen molar-refractivity contribution in [3.8, 4) is 0 Å². The zero-order valence-electron chi connectivity index (χ0n) is 10.6. The van der Waals surface area contributed by atoms with Crippen molar-refractivity contribution in [2.45, 2.75) is 11.4 Å². The van der Waals surface area contributed by atoms with Gasteiger partial charge in [-0.3, -0.25) is 0 Å². The van der Waals surface area contributed by atoms with E-state index in [-0.39, 0.29) is 0 Å². The van der Waals surface area contributed by atoms with E-state index in [0.717, 1.165) is 5.69 Å². The smallest absolute Gasteiger partial charge is 0.207 e. The fourth-order valence-electron chi connectivity index (χ4n) is 1.63. The van der Waals surface area contributed by atoms with Crippen LogP contribution in [0.15, 0.2) is 54.2 Å². The second-order valence-corrected chi connectivity index (χ2v) is 6.13. The van der Waals surface area contributed by atoms with E-state index >= 15 is 0 Å². The van der Waals surface area contributed by atoms with Crippen molar-refractivity contribution < 1.29 is 8.42 Å². The third kappa shape index (κ3) is 3.23. The standard InChI is InChI=1S/C13H15N3O2S/c1-3-9-16-10-8-14-13(16)15-11-4-6-12(7-5-11)19(2,17)18/h3-8,10H,1,9H2,2H3,(H,14,15). The molecule has 0 atom stereocenters. The molecular formula is C13H15N3O2S. The SMILES string of the molecule is C=CCn1ccnc1Nc1ccc(S(C)(=O)=O)cc1. The molecule has 1 N–H and O–H groups in total. The minimum atomic E-state index is -3.16. The molecule has 0 saturated heterocycles. The second-order valence-electron chi connectivity index (χ2n) is 4.11. The van der Waals surface area contributed by atoms with Gasteiger partial charge in [-0.1, -0.05) is 6.08 Å². The first-order valence-electron chi connectivity index (χ1n) is 5.70. The van der Waals surface area contributed by atoms with Crippen LogP contribution in [0.5, 0.6) is 0 Å². The summed E-state index contributed by atoms with van der Waals surface area (Å²) in [6, 6.07) is 6.56. The summed E-state index contributed by atoms with van der Waals surface area (Å²) < 4.78 is 24.6. The van der Waals surface area contributed by atoms with Crippen LogP contribution in [0.4, 0.5) is 11.6 Å². The van der Waals surface area contributed by atoms with Gasteiger partial charge in [0.25, 0.3) is 0 Å². The van der Waals surface area contributed by atoms with Crippen molar-refractivity contribution in [2.24, 2.45) is 0 Å². The van der Waals surface area contributed by atoms with Gasteiger partial charge in [0.05, 0.1) is 4.90 Å². The maximum absolute atomic E-state index is 11.4. The maximum Gasteiger partial charge on any atom is 0.207 e. The first-order valence-corrected chi connectivity index (χ1v) is 7.59. The Hall–Kier alpha value is -2.08. The van der Waals surface area contributed by atoms with Crippen molar-refractivity contribution in [3.63, 3.8) is 0 Å². The molecule has 0 bridgehead atoms. The van der Waals surface area contributed by atoms with E-state index in [0.29, 0.717) is 17.4 Å². The molecule has 1 aromatic carbocycles. The van der Waals surface area contributed by atoms with Crippen LogP contribution >= 0.6 is 0 Å². The fourth-order valence-corrected chi connectivity index (χ4v) is 2.26. The van der Waals surface area contributed by atoms with Crippen molar-refractivity contribution in [2.75, 3.05) is 11.6 Å². The van der Waals surface area contributed by atoms with Gasteiger partial charge in [-0.25, -0.2) is 13.4 Å². The molecule has 0 aliphatic heterocycles. The van der Waals surface area contributed by atoms with E-state index in [4.69, 9.17) is 0 Å². The van der Waals surface area contributed by atoms with E-state index in [9.17, 15) is 8.42 Å². The topological polar surface area (TPSA) is 64.0 Å². The van der Waals surface area contributed by atoms with Crippen LogP contribution in [0.25, 0.3) is 0 Å². The Morgan fingerprint density at radius 2 is 2.05 bits per heavy atom. The average Bonchev–Trinajstić information content (AvgIpc) is 2.77. The van der Waals surface area contributed by atoms with Crippen LogP contribution in [-0.4, -0.2) is 24.2 Å². The molecule has 0 spiro atoms. The lowest BCUT2D eigenvalue weighted by atomic mass is 10.3. The van der Waals surface area contributed by atoms with Crippen molar-refractivity contribution in [3.05, 3.63) is 49.3 Å². The Kier molecular flexibility index (Phi) is 3.71. The van der Waals surface area contributed by atoms with Gasteiger partial charge in [-0.2, -0.15) is 0 Å². The van der Waals surface area contributed by atoms with E-state index in [1.807, 2.05) is 10.8 Å². The van der Waals surface area contributed by atoms with Crippen LogP contribution in [0, 0.1) is 0 Å². The molecule has 19 heavy (non-hydrogen) atoms. The number of aromatic nitrogens is 2. The molecule has 0 unspecified atom stereocenters. The highest BCUT2D eigenvalue weighted by Gasteiger charge is 2.07. The van der Waals surface area contributed by atoms with Crippen molar-refractivity contribution in [1.29, 1.82) is 0 Å². The summed E-state index contributed by atoms with van der Waals surface area (Å²) in [5.74, 6) is 0.687. The summed E-state index contributed by atoms with van der Waals surface area (Å²) in [4.78, 5) is 4.49. The van der Waals surface area contributed by atoms with Crippen LogP contribution in [0.2, 0.25) is 0 Å². The molecule has 1 heterocycles. The molecule has 0 radical (unpaired) electrons. The van der Waals surface area contributed by atoms with Crippen molar-refractivity contribution in [1.82, 2.24) is 9.55 Å². The summed E-state index contributed by atoms with van der Waals surface area (Å²) in [6.07, 6.45) is 6.50. The van der Waals surface area contributed by atoms with E-state index in [1.54, 1.807) is 36.5 Å². The normalized spacial score (nSPS) is 11.2. The predicted molar refractivity (Wildman–Crippen MR) is 75.3 cm³/mol.